The topological polar surface area (TPSA) is 76.0 Å². The Labute approximate surface area is 186 Å². The first-order valence-corrected chi connectivity index (χ1v) is 10.8. The van der Waals surface area contributed by atoms with E-state index in [0.29, 0.717) is 0 Å². The number of benzene rings is 2. The third-order valence-electron chi connectivity index (χ3n) is 5.61. The van der Waals surface area contributed by atoms with Crippen molar-refractivity contribution in [1.82, 2.24) is 10.2 Å². The summed E-state index contributed by atoms with van der Waals surface area (Å²) in [7, 11) is 3.12. The van der Waals surface area contributed by atoms with Gasteiger partial charge in [-0.15, -0.1) is 0 Å². The molecule has 168 valence electrons. The normalized spacial score (nSPS) is 16.8. The monoisotopic (exact) mass is 424 g/mol. The van der Waals surface area contributed by atoms with Crippen LogP contribution >= 0.6 is 0 Å². The quantitative estimate of drug-likeness (QED) is 0.607. The highest BCUT2D eigenvalue weighted by molar-refractivity contribution is 5.71. The number of hydrogen-bond acceptors (Lipinski definition) is 5. The lowest BCUT2D eigenvalue weighted by Gasteiger charge is -2.27. The fourth-order valence-electron chi connectivity index (χ4n) is 3.90. The van der Waals surface area contributed by atoms with Crippen LogP contribution in [0.3, 0.4) is 0 Å². The maximum atomic E-state index is 9.33. The second-order valence-electron chi connectivity index (χ2n) is 7.63. The number of likely N-dealkylation sites (N-methyl/N-ethyl adjacent to an activating group) is 1. The van der Waals surface area contributed by atoms with E-state index in [9.17, 15) is 10.2 Å². The van der Waals surface area contributed by atoms with Crippen LogP contribution in [0.1, 0.15) is 24.0 Å². The number of hydrogen-bond donors (Lipinski definition) is 4. The summed E-state index contributed by atoms with van der Waals surface area (Å²) in [6.07, 6.45) is 1.94. The van der Waals surface area contributed by atoms with E-state index in [1.54, 1.807) is 0 Å². The molecule has 0 unspecified atom stereocenters. The maximum Gasteiger partial charge on any atom is 0.0648 e. The summed E-state index contributed by atoms with van der Waals surface area (Å²) in [5.41, 5.74) is 7.40. The molecule has 0 aromatic heterocycles. The third-order valence-corrected chi connectivity index (χ3v) is 5.61. The van der Waals surface area contributed by atoms with Crippen LogP contribution < -0.4 is 5.32 Å². The molecular weight excluding hydrogens is 388 g/mol. The van der Waals surface area contributed by atoms with E-state index in [1.165, 1.54) is 33.4 Å². The number of aliphatic hydroxyl groups excluding tert-OH is 3. The summed E-state index contributed by atoms with van der Waals surface area (Å²) in [4.78, 5) is 2.29. The molecule has 0 saturated heterocycles. The first-order chi connectivity index (χ1) is 15.2. The Balaban J connectivity index is 0.000000204. The minimum Gasteiger partial charge on any atom is -0.400 e. The second-order valence-corrected chi connectivity index (χ2v) is 7.63. The van der Waals surface area contributed by atoms with Crippen LogP contribution in [0.15, 0.2) is 71.8 Å². The van der Waals surface area contributed by atoms with E-state index in [2.05, 4.69) is 41.5 Å². The lowest BCUT2D eigenvalue weighted by atomic mass is 9.95. The Morgan fingerprint density at radius 3 is 1.84 bits per heavy atom. The number of nitrogens with one attached hydrogen (secondary N) is 1. The van der Waals surface area contributed by atoms with Gasteiger partial charge in [-0.1, -0.05) is 60.7 Å². The van der Waals surface area contributed by atoms with Gasteiger partial charge >= 0.3 is 0 Å². The predicted molar refractivity (Wildman–Crippen MR) is 129 cm³/mol. The Morgan fingerprint density at radius 2 is 1.29 bits per heavy atom. The molecule has 2 aromatic carbocycles. The van der Waals surface area contributed by atoms with Gasteiger partial charge in [0.05, 0.1) is 13.2 Å². The van der Waals surface area contributed by atoms with Gasteiger partial charge in [-0.3, -0.25) is 0 Å². The van der Waals surface area contributed by atoms with Crippen LogP contribution in [0.4, 0.5) is 0 Å². The van der Waals surface area contributed by atoms with E-state index in [4.69, 9.17) is 5.11 Å². The maximum absolute atomic E-state index is 9.33. The Kier molecular flexibility index (Phi) is 11.2. The van der Waals surface area contributed by atoms with E-state index in [1.807, 2.05) is 36.4 Å². The van der Waals surface area contributed by atoms with Crippen molar-refractivity contribution in [3.63, 3.8) is 0 Å². The van der Waals surface area contributed by atoms with Crippen LogP contribution in [0, 0.1) is 0 Å². The molecule has 2 aromatic rings. The lowest BCUT2D eigenvalue weighted by molar-refractivity contribution is 0.304. The summed E-state index contributed by atoms with van der Waals surface area (Å²) in [6.45, 7) is 4.22. The number of nitrogens with zero attached hydrogens (tertiary/aromatic N) is 1. The van der Waals surface area contributed by atoms with E-state index in [0.717, 1.165) is 46.1 Å². The van der Waals surface area contributed by atoms with Gasteiger partial charge in [0.25, 0.3) is 0 Å². The van der Waals surface area contributed by atoms with Crippen LogP contribution in [-0.2, 0) is 0 Å². The molecule has 0 bridgehead atoms. The van der Waals surface area contributed by atoms with Crippen LogP contribution in [0.25, 0.3) is 11.1 Å². The number of aliphatic hydroxyl groups is 3. The first kappa shape index (κ1) is 25.0. The smallest absolute Gasteiger partial charge is 0.0648 e. The summed E-state index contributed by atoms with van der Waals surface area (Å²) >= 11 is 0. The van der Waals surface area contributed by atoms with Crippen molar-refractivity contribution in [1.29, 1.82) is 0 Å². The van der Waals surface area contributed by atoms with Crippen LogP contribution in [0.2, 0.25) is 0 Å². The van der Waals surface area contributed by atoms with Crippen molar-refractivity contribution >= 4 is 11.1 Å². The van der Waals surface area contributed by atoms with Gasteiger partial charge in [-0.25, -0.2) is 0 Å². The van der Waals surface area contributed by atoms with Gasteiger partial charge in [-0.05, 0) is 59.9 Å². The second kappa shape index (κ2) is 13.9. The molecule has 0 spiro atoms. The Morgan fingerprint density at radius 1 is 0.774 bits per heavy atom. The molecular formula is C26H36N2O3. The Bertz CT molecular complexity index is 832. The van der Waals surface area contributed by atoms with Crippen molar-refractivity contribution in [2.24, 2.45) is 0 Å². The fourth-order valence-corrected chi connectivity index (χ4v) is 3.90. The summed E-state index contributed by atoms with van der Waals surface area (Å²) in [5, 5.41) is 28.9. The van der Waals surface area contributed by atoms with Crippen molar-refractivity contribution in [3.05, 3.63) is 82.9 Å². The molecule has 0 amide bonds. The van der Waals surface area contributed by atoms with Gasteiger partial charge in [0.2, 0.25) is 0 Å². The highest BCUT2D eigenvalue weighted by Crippen LogP contribution is 2.25. The minimum absolute atomic E-state index is 0.186. The molecule has 4 N–H and O–H groups in total. The van der Waals surface area contributed by atoms with Gasteiger partial charge in [-0.2, -0.15) is 0 Å². The van der Waals surface area contributed by atoms with Gasteiger partial charge in [0.15, 0.2) is 0 Å². The van der Waals surface area contributed by atoms with Gasteiger partial charge in [0.1, 0.15) is 0 Å². The van der Waals surface area contributed by atoms with Crippen LogP contribution in [-0.4, -0.2) is 73.8 Å². The SMILES string of the molecule is CN1CCC(CO)=C(c2ccccc2)C1.CO.OCC1=C(c2ccccc2)CNCC1. The largest absolute Gasteiger partial charge is 0.400 e. The van der Waals surface area contributed by atoms with Crippen molar-refractivity contribution in [2.45, 2.75) is 12.8 Å². The van der Waals surface area contributed by atoms with Crippen molar-refractivity contribution in [2.75, 3.05) is 53.6 Å². The molecule has 0 aliphatic carbocycles. The molecule has 5 heteroatoms. The highest BCUT2D eigenvalue weighted by Gasteiger charge is 2.16. The predicted octanol–water partition coefficient (Wildman–Crippen LogP) is 2.80. The Hall–Kier alpha value is -2.28. The van der Waals surface area contributed by atoms with E-state index >= 15 is 0 Å². The average molecular weight is 425 g/mol. The zero-order valence-electron chi connectivity index (χ0n) is 18.7. The summed E-state index contributed by atoms with van der Waals surface area (Å²) in [6, 6.07) is 20.6. The molecule has 0 radical (unpaired) electrons. The van der Waals surface area contributed by atoms with Gasteiger partial charge in [0, 0.05) is 26.7 Å². The molecule has 0 saturated carbocycles. The van der Waals surface area contributed by atoms with Crippen molar-refractivity contribution < 1.29 is 15.3 Å². The average Bonchev–Trinajstić information content (AvgIpc) is 2.86. The van der Waals surface area contributed by atoms with Gasteiger partial charge < -0.3 is 25.5 Å². The van der Waals surface area contributed by atoms with Crippen molar-refractivity contribution in [3.8, 4) is 0 Å². The number of rotatable bonds is 4. The lowest BCUT2D eigenvalue weighted by Crippen LogP contribution is -2.28. The molecule has 0 atom stereocenters. The standard InChI is InChI=1S/C13H17NO.C12H15NO.CH4O/c1-14-8-7-12(10-15)13(9-14)11-5-3-2-4-6-11;14-9-11-6-7-13-8-12(11)10-4-2-1-3-5-10;1-2/h2-6,15H,7-10H2,1H3;1-5,13-14H,6-9H2;2H,1H3. The molecule has 2 aliphatic heterocycles. The fraction of sp³-hybridized carbons (Fsp3) is 0.385. The molecule has 0 fully saturated rings. The molecule has 2 heterocycles. The minimum atomic E-state index is 0.186. The molecule has 2 aliphatic rings. The van der Waals surface area contributed by atoms with Crippen LogP contribution in [0.5, 0.6) is 0 Å². The summed E-state index contributed by atoms with van der Waals surface area (Å²) in [5.74, 6) is 0. The third kappa shape index (κ3) is 7.42. The highest BCUT2D eigenvalue weighted by atomic mass is 16.3. The molecule has 5 nitrogen and oxygen atoms in total. The molecule has 4 rings (SSSR count). The zero-order chi connectivity index (χ0) is 22.5. The molecule has 31 heavy (non-hydrogen) atoms. The first-order valence-electron chi connectivity index (χ1n) is 10.8. The van der Waals surface area contributed by atoms with E-state index in [-0.39, 0.29) is 13.2 Å². The zero-order valence-corrected chi connectivity index (χ0v) is 18.7. The van der Waals surface area contributed by atoms with E-state index < -0.39 is 0 Å². The summed E-state index contributed by atoms with van der Waals surface area (Å²) < 4.78 is 0.